The van der Waals surface area contributed by atoms with Crippen LogP contribution in [-0.4, -0.2) is 55.4 Å². The molecular weight excluding hydrogens is 363 g/mol. The zero-order chi connectivity index (χ0) is 20.3. The van der Waals surface area contributed by atoms with Crippen molar-refractivity contribution < 1.29 is 46.6 Å². The second kappa shape index (κ2) is 7.92. The second-order valence-electron chi connectivity index (χ2n) is 6.60. The maximum Gasteiger partial charge on any atom is 0.471 e. The summed E-state index contributed by atoms with van der Waals surface area (Å²) in [6.45, 7) is 4.18. The summed E-state index contributed by atoms with van der Waals surface area (Å²) in [5, 5.41) is 1.52. The second-order valence-corrected chi connectivity index (χ2v) is 6.60. The number of nitrogens with one attached hydrogen (secondary N) is 1. The van der Waals surface area contributed by atoms with Gasteiger partial charge in [0, 0.05) is 5.92 Å². The molecule has 0 aromatic heterocycles. The van der Waals surface area contributed by atoms with Crippen molar-refractivity contribution in [2.45, 2.75) is 45.0 Å². The van der Waals surface area contributed by atoms with Crippen molar-refractivity contribution in [2.75, 3.05) is 13.7 Å². The Hall–Kier alpha value is -2.33. The highest BCUT2D eigenvalue weighted by Crippen LogP contribution is 2.30. The maximum absolute atomic E-state index is 12.6. The number of alkyl halides is 3. The van der Waals surface area contributed by atoms with Crippen molar-refractivity contribution in [3.63, 3.8) is 0 Å². The van der Waals surface area contributed by atoms with E-state index in [9.17, 15) is 32.3 Å². The molecule has 0 bridgehead atoms. The van der Waals surface area contributed by atoms with Crippen molar-refractivity contribution in [1.29, 1.82) is 0 Å². The molecule has 0 aromatic rings. The summed E-state index contributed by atoms with van der Waals surface area (Å²) >= 11 is 0. The first-order valence-corrected chi connectivity index (χ1v) is 7.63. The minimum absolute atomic E-state index is 0.145. The first-order chi connectivity index (χ1) is 11.8. The highest BCUT2D eigenvalue weighted by atomic mass is 19.4. The number of hydrogen-bond acceptors (Lipinski definition) is 7. The topological polar surface area (TPSA) is 108 Å². The molecule has 0 radical (unpaired) electrons. The number of methoxy groups -OCH3 is 1. The Bertz CT molecular complexity index is 575. The fourth-order valence-corrected chi connectivity index (χ4v) is 2.41. The molecule has 1 amide bonds. The van der Waals surface area contributed by atoms with Crippen LogP contribution in [-0.2, 0) is 33.4 Å². The van der Waals surface area contributed by atoms with Crippen LogP contribution < -0.4 is 5.32 Å². The van der Waals surface area contributed by atoms with Gasteiger partial charge in [0.05, 0.1) is 13.7 Å². The number of amides is 1. The molecule has 1 aliphatic rings. The number of hydrogen-bond donors (Lipinski definition) is 1. The van der Waals surface area contributed by atoms with Crippen LogP contribution in [0.15, 0.2) is 0 Å². The Morgan fingerprint density at radius 2 is 1.81 bits per heavy atom. The summed E-state index contributed by atoms with van der Waals surface area (Å²) < 4.78 is 52.1. The van der Waals surface area contributed by atoms with Gasteiger partial charge in [-0.2, -0.15) is 13.2 Å². The molecule has 1 aliphatic heterocycles. The molecule has 0 spiro atoms. The summed E-state index contributed by atoms with van der Waals surface area (Å²) in [6.07, 6.45) is -5.41. The maximum atomic E-state index is 12.6. The third-order valence-electron chi connectivity index (χ3n) is 3.47. The lowest BCUT2D eigenvalue weighted by molar-refractivity contribution is -0.182. The van der Waals surface area contributed by atoms with E-state index in [0.717, 1.165) is 7.11 Å². The van der Waals surface area contributed by atoms with Crippen LogP contribution in [0.1, 0.15) is 27.2 Å². The Labute approximate surface area is 147 Å². The largest absolute Gasteiger partial charge is 0.471 e. The van der Waals surface area contributed by atoms with E-state index >= 15 is 0 Å². The SMILES string of the molecule is COC(=O)[C@H]1C(=O)OCC[C@@H]1[C@H](NC(=O)C(F)(F)F)C(=O)OC(C)(C)C. The van der Waals surface area contributed by atoms with E-state index in [4.69, 9.17) is 9.47 Å². The molecule has 1 saturated heterocycles. The Morgan fingerprint density at radius 3 is 2.27 bits per heavy atom. The van der Waals surface area contributed by atoms with E-state index in [1.54, 1.807) is 0 Å². The molecule has 26 heavy (non-hydrogen) atoms. The number of carbonyl (C=O) groups is 4. The summed E-state index contributed by atoms with van der Waals surface area (Å²) in [6, 6.07) is -1.89. The van der Waals surface area contributed by atoms with Gasteiger partial charge >= 0.3 is 30.0 Å². The van der Waals surface area contributed by atoms with Crippen LogP contribution in [0.2, 0.25) is 0 Å². The van der Waals surface area contributed by atoms with Gasteiger partial charge in [-0.1, -0.05) is 0 Å². The van der Waals surface area contributed by atoms with Crippen molar-refractivity contribution in [1.82, 2.24) is 5.32 Å². The van der Waals surface area contributed by atoms with E-state index in [-0.39, 0.29) is 13.0 Å². The predicted molar refractivity (Wildman–Crippen MR) is 78.4 cm³/mol. The fourth-order valence-electron chi connectivity index (χ4n) is 2.41. The lowest BCUT2D eigenvalue weighted by Gasteiger charge is -2.34. The van der Waals surface area contributed by atoms with Gasteiger partial charge in [0.15, 0.2) is 5.92 Å². The molecule has 0 unspecified atom stereocenters. The molecule has 1 fully saturated rings. The molecule has 0 saturated carbocycles. The van der Waals surface area contributed by atoms with Crippen molar-refractivity contribution in [3.05, 3.63) is 0 Å². The number of carbonyl (C=O) groups excluding carboxylic acids is 4. The van der Waals surface area contributed by atoms with E-state index in [2.05, 4.69) is 4.74 Å². The van der Waals surface area contributed by atoms with Gasteiger partial charge in [0.25, 0.3) is 0 Å². The number of halogens is 3. The van der Waals surface area contributed by atoms with E-state index in [1.165, 1.54) is 26.1 Å². The normalized spacial score (nSPS) is 22.0. The molecule has 11 heteroatoms. The first kappa shape index (κ1) is 21.7. The first-order valence-electron chi connectivity index (χ1n) is 7.63. The average Bonchev–Trinajstić information content (AvgIpc) is 2.48. The van der Waals surface area contributed by atoms with Gasteiger partial charge in [-0.3, -0.25) is 14.4 Å². The van der Waals surface area contributed by atoms with Gasteiger partial charge in [0.2, 0.25) is 0 Å². The van der Waals surface area contributed by atoms with E-state index in [0.29, 0.717) is 0 Å². The number of esters is 3. The van der Waals surface area contributed by atoms with Gasteiger partial charge in [0.1, 0.15) is 11.6 Å². The number of rotatable bonds is 4. The molecule has 1 rings (SSSR count). The zero-order valence-electron chi connectivity index (χ0n) is 14.6. The van der Waals surface area contributed by atoms with Crippen LogP contribution >= 0.6 is 0 Å². The molecule has 8 nitrogen and oxygen atoms in total. The van der Waals surface area contributed by atoms with E-state index < -0.39 is 53.5 Å². The van der Waals surface area contributed by atoms with Crippen molar-refractivity contribution in [3.8, 4) is 0 Å². The summed E-state index contributed by atoms with van der Waals surface area (Å²) in [5.41, 5.74) is -1.08. The zero-order valence-corrected chi connectivity index (χ0v) is 14.6. The van der Waals surface area contributed by atoms with Crippen LogP contribution in [0.4, 0.5) is 13.2 Å². The summed E-state index contributed by atoms with van der Waals surface area (Å²) in [5.74, 6) is -8.72. The number of ether oxygens (including phenoxy) is 3. The van der Waals surface area contributed by atoms with Crippen molar-refractivity contribution in [2.24, 2.45) is 11.8 Å². The van der Waals surface area contributed by atoms with Gasteiger partial charge in [-0.15, -0.1) is 0 Å². The van der Waals surface area contributed by atoms with Crippen LogP contribution in [0, 0.1) is 11.8 Å². The smallest absolute Gasteiger partial charge is 0.468 e. The Balaban J connectivity index is 3.23. The van der Waals surface area contributed by atoms with Crippen LogP contribution in [0.25, 0.3) is 0 Å². The lowest BCUT2D eigenvalue weighted by Crippen LogP contribution is -2.57. The minimum Gasteiger partial charge on any atom is -0.468 e. The molecule has 1 N–H and O–H groups in total. The highest BCUT2D eigenvalue weighted by molar-refractivity contribution is 5.97. The standard InChI is InChI=1S/C15H20F3NO7/c1-14(2,3)26-12(22)9(19-13(23)15(16,17)18)7-5-6-25-11(21)8(7)10(20)24-4/h7-9H,5-6H2,1-4H3,(H,19,23)/t7-,8-,9-/m0/s1. The molecular formula is C15H20F3NO7. The summed E-state index contributed by atoms with van der Waals surface area (Å²) in [4.78, 5) is 47.5. The molecule has 3 atom stereocenters. The average molecular weight is 383 g/mol. The quantitative estimate of drug-likeness (QED) is 0.433. The van der Waals surface area contributed by atoms with Gasteiger partial charge in [-0.25, -0.2) is 4.79 Å². The number of cyclic esters (lactones) is 1. The lowest BCUT2D eigenvalue weighted by atomic mass is 9.81. The molecule has 0 aliphatic carbocycles. The predicted octanol–water partition coefficient (Wildman–Crippen LogP) is 0.727. The van der Waals surface area contributed by atoms with Crippen molar-refractivity contribution >= 4 is 23.8 Å². The third kappa shape index (κ3) is 5.60. The molecule has 0 aromatic carbocycles. The minimum atomic E-state index is -5.27. The summed E-state index contributed by atoms with van der Waals surface area (Å²) in [7, 11) is 0.970. The molecule has 148 valence electrons. The monoisotopic (exact) mass is 383 g/mol. The third-order valence-corrected chi connectivity index (χ3v) is 3.47. The fraction of sp³-hybridized carbons (Fsp3) is 0.733. The molecule has 1 heterocycles. The van der Waals surface area contributed by atoms with Gasteiger partial charge < -0.3 is 19.5 Å². The van der Waals surface area contributed by atoms with Gasteiger partial charge in [-0.05, 0) is 27.2 Å². The Kier molecular flexibility index (Phi) is 6.61. The van der Waals surface area contributed by atoms with Crippen LogP contribution in [0.5, 0.6) is 0 Å². The Morgan fingerprint density at radius 1 is 1.23 bits per heavy atom. The van der Waals surface area contributed by atoms with Crippen LogP contribution in [0.3, 0.4) is 0 Å². The van der Waals surface area contributed by atoms with E-state index in [1.807, 2.05) is 0 Å². The highest BCUT2D eigenvalue weighted by Gasteiger charge is 2.50.